The number of ether oxygens (including phenoxy) is 3. The highest BCUT2D eigenvalue weighted by Crippen LogP contribution is 2.35. The van der Waals surface area contributed by atoms with Crippen LogP contribution >= 0.6 is 0 Å². The fourth-order valence-corrected chi connectivity index (χ4v) is 1.36. The first-order valence-electron chi connectivity index (χ1n) is 5.26. The molecule has 0 atom stereocenters. The standard InChI is InChI=1S/C11H12F3NO4/c1-4-18-10(16)8-6(2)9(19-11(12,13)14)7(17-3)5-15-8/h5H,4H2,1-3H3. The molecule has 8 heteroatoms. The Morgan fingerprint density at radius 1 is 1.42 bits per heavy atom. The van der Waals surface area contributed by atoms with Gasteiger partial charge in [-0.2, -0.15) is 0 Å². The first kappa shape index (κ1) is 15.1. The summed E-state index contributed by atoms with van der Waals surface area (Å²) in [5.41, 5.74) is -0.350. The van der Waals surface area contributed by atoms with Crippen LogP contribution in [0, 0.1) is 6.92 Å². The molecule has 1 heterocycles. The lowest BCUT2D eigenvalue weighted by molar-refractivity contribution is -0.275. The molecular weight excluding hydrogens is 267 g/mol. The zero-order valence-electron chi connectivity index (χ0n) is 10.5. The van der Waals surface area contributed by atoms with E-state index in [-0.39, 0.29) is 23.6 Å². The van der Waals surface area contributed by atoms with E-state index in [9.17, 15) is 18.0 Å². The summed E-state index contributed by atoms with van der Waals surface area (Å²) in [7, 11) is 1.17. The van der Waals surface area contributed by atoms with Gasteiger partial charge in [0.15, 0.2) is 17.2 Å². The van der Waals surface area contributed by atoms with Gasteiger partial charge in [-0.1, -0.05) is 0 Å². The molecule has 0 aliphatic heterocycles. The molecule has 0 aliphatic rings. The number of pyridine rings is 1. The second kappa shape index (κ2) is 5.77. The van der Waals surface area contributed by atoms with Crippen molar-refractivity contribution in [2.45, 2.75) is 20.2 Å². The first-order valence-corrected chi connectivity index (χ1v) is 5.26. The molecule has 0 bridgehead atoms. The summed E-state index contributed by atoms with van der Waals surface area (Å²) in [6.45, 7) is 2.92. The van der Waals surface area contributed by atoms with Crippen molar-refractivity contribution in [3.8, 4) is 11.5 Å². The van der Waals surface area contributed by atoms with E-state index >= 15 is 0 Å². The lowest BCUT2D eigenvalue weighted by atomic mass is 10.2. The van der Waals surface area contributed by atoms with Crippen LogP contribution < -0.4 is 9.47 Å². The van der Waals surface area contributed by atoms with E-state index in [0.717, 1.165) is 6.20 Å². The second-order valence-electron chi connectivity index (χ2n) is 3.40. The van der Waals surface area contributed by atoms with Gasteiger partial charge in [-0.3, -0.25) is 0 Å². The molecule has 1 aromatic rings. The highest BCUT2D eigenvalue weighted by molar-refractivity contribution is 5.89. The lowest BCUT2D eigenvalue weighted by Crippen LogP contribution is -2.20. The minimum atomic E-state index is -4.90. The van der Waals surface area contributed by atoms with E-state index in [0.29, 0.717) is 0 Å². The Morgan fingerprint density at radius 2 is 2.05 bits per heavy atom. The predicted molar refractivity (Wildman–Crippen MR) is 58.2 cm³/mol. The number of nitrogens with zero attached hydrogens (tertiary/aromatic N) is 1. The van der Waals surface area contributed by atoms with Gasteiger partial charge >= 0.3 is 12.3 Å². The van der Waals surface area contributed by atoms with Gasteiger partial charge in [0.25, 0.3) is 0 Å². The van der Waals surface area contributed by atoms with Gasteiger partial charge in [-0.15, -0.1) is 13.2 Å². The van der Waals surface area contributed by atoms with Crippen molar-refractivity contribution < 1.29 is 32.2 Å². The van der Waals surface area contributed by atoms with Crippen molar-refractivity contribution in [2.75, 3.05) is 13.7 Å². The third-order valence-electron chi connectivity index (χ3n) is 2.14. The Kier molecular flexibility index (Phi) is 4.57. The van der Waals surface area contributed by atoms with Gasteiger partial charge in [0.1, 0.15) is 0 Å². The summed E-state index contributed by atoms with van der Waals surface area (Å²) in [6.07, 6.45) is -3.92. The maximum atomic E-state index is 12.3. The second-order valence-corrected chi connectivity index (χ2v) is 3.40. The van der Waals surface area contributed by atoms with Gasteiger partial charge in [-0.25, -0.2) is 9.78 Å². The Labute approximate surface area is 107 Å². The maximum Gasteiger partial charge on any atom is 0.573 e. The Bertz CT molecular complexity index is 474. The number of carbonyl (C=O) groups excluding carboxylic acids is 1. The largest absolute Gasteiger partial charge is 0.573 e. The monoisotopic (exact) mass is 279 g/mol. The minimum Gasteiger partial charge on any atom is -0.491 e. The molecule has 0 radical (unpaired) electrons. The van der Waals surface area contributed by atoms with Gasteiger partial charge in [0.05, 0.1) is 19.9 Å². The number of hydrogen-bond acceptors (Lipinski definition) is 5. The van der Waals surface area contributed by atoms with E-state index in [1.54, 1.807) is 6.92 Å². The SMILES string of the molecule is CCOC(=O)c1ncc(OC)c(OC(F)(F)F)c1C. The van der Waals surface area contributed by atoms with Gasteiger partial charge in [0, 0.05) is 5.56 Å². The maximum absolute atomic E-state index is 12.3. The van der Waals surface area contributed by atoms with Gasteiger partial charge in [0.2, 0.25) is 0 Å². The minimum absolute atomic E-state index is 0.0848. The zero-order chi connectivity index (χ0) is 14.6. The van der Waals surface area contributed by atoms with Gasteiger partial charge in [-0.05, 0) is 13.8 Å². The van der Waals surface area contributed by atoms with E-state index in [4.69, 9.17) is 4.74 Å². The Morgan fingerprint density at radius 3 is 2.53 bits per heavy atom. The number of carbonyl (C=O) groups is 1. The third-order valence-corrected chi connectivity index (χ3v) is 2.14. The zero-order valence-corrected chi connectivity index (χ0v) is 10.5. The lowest BCUT2D eigenvalue weighted by Gasteiger charge is -2.16. The molecule has 0 unspecified atom stereocenters. The van der Waals surface area contributed by atoms with Crippen LogP contribution in [0.3, 0.4) is 0 Å². The molecule has 19 heavy (non-hydrogen) atoms. The highest BCUT2D eigenvalue weighted by Gasteiger charge is 2.34. The molecular formula is C11H12F3NO4. The summed E-state index contributed by atoms with van der Waals surface area (Å²) in [6, 6.07) is 0. The van der Waals surface area contributed by atoms with Crippen molar-refractivity contribution >= 4 is 5.97 Å². The molecule has 0 aromatic carbocycles. The molecule has 0 amide bonds. The van der Waals surface area contributed by atoms with Crippen molar-refractivity contribution in [1.29, 1.82) is 0 Å². The van der Waals surface area contributed by atoms with Crippen LogP contribution in [0.1, 0.15) is 23.0 Å². The fourth-order valence-electron chi connectivity index (χ4n) is 1.36. The number of rotatable bonds is 4. The number of halogens is 3. The molecule has 0 N–H and O–H groups in total. The number of aromatic nitrogens is 1. The molecule has 5 nitrogen and oxygen atoms in total. The smallest absolute Gasteiger partial charge is 0.491 e. The van der Waals surface area contributed by atoms with Crippen molar-refractivity contribution in [3.63, 3.8) is 0 Å². The van der Waals surface area contributed by atoms with Crippen LogP contribution in [0.4, 0.5) is 13.2 Å². The Balaban J connectivity index is 3.25. The van der Waals surface area contributed by atoms with Crippen LogP contribution in [-0.4, -0.2) is 31.0 Å². The van der Waals surface area contributed by atoms with Crippen molar-refractivity contribution in [2.24, 2.45) is 0 Å². The number of methoxy groups -OCH3 is 1. The van der Waals surface area contributed by atoms with Gasteiger partial charge < -0.3 is 14.2 Å². The van der Waals surface area contributed by atoms with E-state index in [1.165, 1.54) is 14.0 Å². The van der Waals surface area contributed by atoms with Crippen LogP contribution in [0.5, 0.6) is 11.5 Å². The Hall–Kier alpha value is -1.99. The quantitative estimate of drug-likeness (QED) is 0.792. The number of hydrogen-bond donors (Lipinski definition) is 0. The van der Waals surface area contributed by atoms with Crippen molar-refractivity contribution in [1.82, 2.24) is 4.98 Å². The van der Waals surface area contributed by atoms with Crippen LogP contribution in [0.15, 0.2) is 6.20 Å². The van der Waals surface area contributed by atoms with E-state index in [2.05, 4.69) is 14.5 Å². The summed E-state index contributed by atoms with van der Waals surface area (Å²) < 4.78 is 50.2. The molecule has 1 rings (SSSR count). The van der Waals surface area contributed by atoms with E-state index < -0.39 is 18.1 Å². The van der Waals surface area contributed by atoms with Crippen LogP contribution in [-0.2, 0) is 4.74 Å². The fraction of sp³-hybridized carbons (Fsp3) is 0.455. The molecule has 0 saturated heterocycles. The predicted octanol–water partition coefficient (Wildman–Crippen LogP) is 2.47. The summed E-state index contributed by atoms with van der Waals surface area (Å²) >= 11 is 0. The summed E-state index contributed by atoms with van der Waals surface area (Å²) in [5, 5.41) is 0. The topological polar surface area (TPSA) is 57.7 Å². The third kappa shape index (κ3) is 3.73. The average Bonchev–Trinajstić information content (AvgIpc) is 2.30. The first-order chi connectivity index (χ1) is 8.80. The van der Waals surface area contributed by atoms with Crippen molar-refractivity contribution in [3.05, 3.63) is 17.5 Å². The summed E-state index contributed by atoms with van der Waals surface area (Å²) in [5.74, 6) is -1.65. The number of esters is 1. The molecule has 0 fully saturated rings. The molecule has 1 aromatic heterocycles. The van der Waals surface area contributed by atoms with Crippen LogP contribution in [0.2, 0.25) is 0 Å². The molecule has 106 valence electrons. The molecule has 0 aliphatic carbocycles. The highest BCUT2D eigenvalue weighted by atomic mass is 19.4. The molecule has 0 spiro atoms. The summed E-state index contributed by atoms with van der Waals surface area (Å²) in [4.78, 5) is 15.2. The van der Waals surface area contributed by atoms with Crippen LogP contribution in [0.25, 0.3) is 0 Å². The van der Waals surface area contributed by atoms with E-state index in [1.807, 2.05) is 0 Å². The molecule has 0 saturated carbocycles. The average molecular weight is 279 g/mol. The number of alkyl halides is 3. The normalized spacial score (nSPS) is 11.1.